The zero-order valence-electron chi connectivity index (χ0n) is 10.8. The zero-order chi connectivity index (χ0) is 13.9. The number of ether oxygens (including phenoxy) is 1. The number of anilines is 1. The third-order valence-corrected chi connectivity index (χ3v) is 2.43. The van der Waals surface area contributed by atoms with Crippen LogP contribution in [0.1, 0.15) is 36.7 Å². The average molecular weight is 270 g/mol. The van der Waals surface area contributed by atoms with Gasteiger partial charge in [0.25, 0.3) is 0 Å². The Hall–Kier alpha value is -1.55. The van der Waals surface area contributed by atoms with Crippen molar-refractivity contribution in [2.45, 2.75) is 33.3 Å². The molecule has 1 N–H and O–H groups in total. The van der Waals surface area contributed by atoms with Crippen molar-refractivity contribution in [2.75, 3.05) is 5.32 Å². The van der Waals surface area contributed by atoms with Gasteiger partial charge in [-0.15, -0.1) is 0 Å². The Morgan fingerprint density at radius 2 is 2.00 bits per heavy atom. The number of benzene rings is 1. The lowest BCUT2D eigenvalue weighted by atomic mass is 10.1. The zero-order valence-corrected chi connectivity index (χ0v) is 11.6. The minimum absolute atomic E-state index is 0.360. The maximum atomic E-state index is 11.6. The Morgan fingerprint density at radius 1 is 1.39 bits per heavy atom. The second-order valence-electron chi connectivity index (χ2n) is 4.93. The predicted molar refractivity (Wildman–Crippen MR) is 71.4 cm³/mol. The van der Waals surface area contributed by atoms with Crippen LogP contribution in [0.4, 0.5) is 10.5 Å². The first-order valence-corrected chi connectivity index (χ1v) is 5.86. The summed E-state index contributed by atoms with van der Waals surface area (Å²) in [5.41, 5.74) is 1.00. The summed E-state index contributed by atoms with van der Waals surface area (Å²) in [6.45, 7) is 7.06. The third-order valence-electron chi connectivity index (χ3n) is 2.12. The number of nitrogens with one attached hydrogen (secondary N) is 1. The van der Waals surface area contributed by atoms with Crippen molar-refractivity contribution in [3.05, 3.63) is 28.3 Å². The Balaban J connectivity index is 2.91. The molecule has 0 aliphatic heterocycles. The molecule has 0 aromatic heterocycles. The molecule has 0 unspecified atom stereocenters. The molecule has 1 aromatic rings. The average Bonchev–Trinajstić information content (AvgIpc) is 2.19. The number of aldehydes is 1. The smallest absolute Gasteiger partial charge is 0.412 e. The lowest BCUT2D eigenvalue weighted by molar-refractivity contribution is 0.0635. The molecule has 0 aliphatic rings. The van der Waals surface area contributed by atoms with Gasteiger partial charge in [0.2, 0.25) is 0 Å². The molecule has 0 heterocycles. The Bertz CT molecular complexity index is 478. The molecule has 0 fully saturated rings. The van der Waals surface area contributed by atoms with Gasteiger partial charge in [0.15, 0.2) is 0 Å². The van der Waals surface area contributed by atoms with Crippen molar-refractivity contribution < 1.29 is 14.3 Å². The van der Waals surface area contributed by atoms with Gasteiger partial charge >= 0.3 is 6.09 Å². The van der Waals surface area contributed by atoms with E-state index in [-0.39, 0.29) is 0 Å². The highest BCUT2D eigenvalue weighted by molar-refractivity contribution is 6.33. The lowest BCUT2D eigenvalue weighted by Crippen LogP contribution is -2.27. The summed E-state index contributed by atoms with van der Waals surface area (Å²) >= 11 is 5.99. The van der Waals surface area contributed by atoms with Crippen LogP contribution in [0.3, 0.4) is 0 Å². The highest BCUT2D eigenvalue weighted by Crippen LogP contribution is 2.25. The van der Waals surface area contributed by atoms with E-state index in [1.807, 2.05) is 0 Å². The van der Waals surface area contributed by atoms with E-state index in [4.69, 9.17) is 16.3 Å². The number of amides is 1. The summed E-state index contributed by atoms with van der Waals surface area (Å²) in [6, 6.07) is 3.15. The van der Waals surface area contributed by atoms with Gasteiger partial charge < -0.3 is 4.74 Å². The Kier molecular flexibility index (Phi) is 4.35. The quantitative estimate of drug-likeness (QED) is 0.831. The molecule has 1 aromatic carbocycles. The third kappa shape index (κ3) is 4.04. The number of hydrogen-bond donors (Lipinski definition) is 1. The van der Waals surface area contributed by atoms with Gasteiger partial charge in [-0.3, -0.25) is 10.1 Å². The van der Waals surface area contributed by atoms with E-state index in [1.54, 1.807) is 33.8 Å². The molecule has 0 radical (unpaired) electrons. The van der Waals surface area contributed by atoms with Crippen LogP contribution in [-0.4, -0.2) is 18.0 Å². The van der Waals surface area contributed by atoms with Crippen molar-refractivity contribution in [3.8, 4) is 0 Å². The van der Waals surface area contributed by atoms with Gasteiger partial charge in [0.1, 0.15) is 11.9 Å². The molecule has 0 bridgehead atoms. The molecule has 1 amide bonds. The topological polar surface area (TPSA) is 55.4 Å². The Morgan fingerprint density at radius 3 is 2.50 bits per heavy atom. The van der Waals surface area contributed by atoms with Gasteiger partial charge in [0.05, 0.1) is 10.7 Å². The molecule has 98 valence electrons. The summed E-state index contributed by atoms with van der Waals surface area (Å²) in [5, 5.41) is 2.88. The summed E-state index contributed by atoms with van der Waals surface area (Å²) < 4.78 is 5.10. The predicted octanol–water partition coefficient (Wildman–Crippen LogP) is 3.81. The van der Waals surface area contributed by atoms with E-state index in [1.165, 1.54) is 6.07 Å². The maximum absolute atomic E-state index is 11.6. The van der Waals surface area contributed by atoms with E-state index < -0.39 is 11.7 Å². The van der Waals surface area contributed by atoms with E-state index in [2.05, 4.69) is 5.32 Å². The minimum atomic E-state index is -0.606. The van der Waals surface area contributed by atoms with Crippen LogP contribution in [0, 0.1) is 6.92 Å². The molecule has 0 saturated heterocycles. The second-order valence-corrected chi connectivity index (χ2v) is 5.34. The first-order valence-electron chi connectivity index (χ1n) is 5.48. The molecule has 1 rings (SSSR count). The van der Waals surface area contributed by atoms with Crippen LogP contribution in [0.2, 0.25) is 5.02 Å². The molecule has 0 aliphatic carbocycles. The summed E-state index contributed by atoms with van der Waals surface area (Å²) in [4.78, 5) is 22.4. The monoisotopic (exact) mass is 269 g/mol. The van der Waals surface area contributed by atoms with Crippen LogP contribution in [0.25, 0.3) is 0 Å². The van der Waals surface area contributed by atoms with Gasteiger partial charge in [-0.1, -0.05) is 11.6 Å². The highest BCUT2D eigenvalue weighted by Gasteiger charge is 2.17. The number of carbonyl (C=O) groups excluding carboxylic acids is 2. The van der Waals surface area contributed by atoms with E-state index in [9.17, 15) is 9.59 Å². The Labute approximate surface area is 111 Å². The first-order chi connectivity index (χ1) is 8.23. The van der Waals surface area contributed by atoms with E-state index >= 15 is 0 Å². The van der Waals surface area contributed by atoms with E-state index in [0.717, 1.165) is 5.56 Å². The number of hydrogen-bond acceptors (Lipinski definition) is 3. The van der Waals surface area contributed by atoms with Crippen LogP contribution < -0.4 is 5.32 Å². The summed E-state index contributed by atoms with van der Waals surface area (Å²) in [5.74, 6) is 0. The molecule has 0 saturated carbocycles. The van der Waals surface area contributed by atoms with Crippen LogP contribution in [0.15, 0.2) is 12.1 Å². The van der Waals surface area contributed by atoms with Crippen molar-refractivity contribution >= 4 is 29.7 Å². The number of halogens is 1. The standard InChI is InChI=1S/C13H16ClNO3/c1-8-5-10(14)11(6-9(8)7-16)15-12(17)18-13(2,3)4/h5-7H,1-4H3,(H,15,17). The van der Waals surface area contributed by atoms with E-state index in [0.29, 0.717) is 22.6 Å². The van der Waals surface area contributed by atoms with Crippen molar-refractivity contribution in [1.29, 1.82) is 0 Å². The second kappa shape index (κ2) is 5.40. The fourth-order valence-corrected chi connectivity index (χ4v) is 1.59. The van der Waals surface area contributed by atoms with Crippen molar-refractivity contribution in [2.24, 2.45) is 0 Å². The van der Waals surface area contributed by atoms with Crippen molar-refractivity contribution in [3.63, 3.8) is 0 Å². The lowest BCUT2D eigenvalue weighted by Gasteiger charge is -2.20. The minimum Gasteiger partial charge on any atom is -0.444 e. The molecule has 0 spiro atoms. The summed E-state index contributed by atoms with van der Waals surface area (Å²) in [7, 11) is 0. The first kappa shape index (κ1) is 14.5. The molecule has 18 heavy (non-hydrogen) atoms. The summed E-state index contributed by atoms with van der Waals surface area (Å²) in [6.07, 6.45) is 0.108. The maximum Gasteiger partial charge on any atom is 0.412 e. The van der Waals surface area contributed by atoms with Crippen molar-refractivity contribution in [1.82, 2.24) is 0 Å². The fraction of sp³-hybridized carbons (Fsp3) is 0.385. The van der Waals surface area contributed by atoms with Crippen LogP contribution in [-0.2, 0) is 4.74 Å². The number of carbonyl (C=O) groups is 2. The molecule has 0 atom stereocenters. The highest BCUT2D eigenvalue weighted by atomic mass is 35.5. The van der Waals surface area contributed by atoms with Crippen LogP contribution >= 0.6 is 11.6 Å². The van der Waals surface area contributed by atoms with Gasteiger partial charge in [-0.05, 0) is 45.4 Å². The number of rotatable bonds is 2. The van der Waals surface area contributed by atoms with Gasteiger partial charge in [-0.2, -0.15) is 0 Å². The van der Waals surface area contributed by atoms with Crippen LogP contribution in [0.5, 0.6) is 0 Å². The number of aryl methyl sites for hydroxylation is 1. The molecular formula is C13H16ClNO3. The van der Waals surface area contributed by atoms with Gasteiger partial charge in [-0.25, -0.2) is 4.79 Å². The molecule has 4 nitrogen and oxygen atoms in total. The SMILES string of the molecule is Cc1cc(Cl)c(NC(=O)OC(C)(C)C)cc1C=O. The largest absolute Gasteiger partial charge is 0.444 e. The normalized spacial score (nSPS) is 10.9. The fourth-order valence-electron chi connectivity index (χ4n) is 1.33. The molecular weight excluding hydrogens is 254 g/mol. The van der Waals surface area contributed by atoms with Gasteiger partial charge in [0, 0.05) is 5.56 Å². The molecule has 5 heteroatoms.